The Labute approximate surface area is 107 Å². The predicted molar refractivity (Wildman–Crippen MR) is 61.3 cm³/mol. The molecule has 0 aromatic heterocycles. The van der Waals surface area contributed by atoms with Crippen LogP contribution >= 0.6 is 0 Å². The number of hydrogen-bond acceptors (Lipinski definition) is 4. The number of nitrogens with one attached hydrogen (secondary N) is 1. The molecule has 0 radical (unpaired) electrons. The highest BCUT2D eigenvalue weighted by atomic mass is 19.4. The molecule has 0 spiro atoms. The number of benzene rings is 1. The number of hydrogen-bond donors (Lipinski definition) is 1. The monoisotopic (exact) mass is 272 g/mol. The molecule has 102 valence electrons. The number of carbonyl (C=O) groups excluding carboxylic acids is 1. The smallest absolute Gasteiger partial charge is 0.417 e. The van der Waals surface area contributed by atoms with Crippen molar-refractivity contribution in [2.45, 2.75) is 13.1 Å². The lowest BCUT2D eigenvalue weighted by Crippen LogP contribution is -2.17. The first-order valence-electron chi connectivity index (χ1n) is 5.39. The standard InChI is InChI=1S/C12H11F3N2O2/c1-2-19-11(18)7-17-9-4-3-8(6-16)10(5-9)12(13,14)15/h3-5,17H,2,7H2,1H3. The van der Waals surface area contributed by atoms with Gasteiger partial charge in [-0.1, -0.05) is 0 Å². The fraction of sp³-hybridized carbons (Fsp3) is 0.333. The van der Waals surface area contributed by atoms with Gasteiger partial charge in [0.1, 0.15) is 6.54 Å². The van der Waals surface area contributed by atoms with Crippen LogP contribution in [0.4, 0.5) is 18.9 Å². The highest BCUT2D eigenvalue weighted by molar-refractivity contribution is 5.75. The van der Waals surface area contributed by atoms with Crippen LogP contribution in [0.2, 0.25) is 0 Å². The van der Waals surface area contributed by atoms with Crippen molar-refractivity contribution >= 4 is 11.7 Å². The number of nitrogens with zero attached hydrogens (tertiary/aromatic N) is 1. The van der Waals surface area contributed by atoms with Gasteiger partial charge in [-0.05, 0) is 25.1 Å². The van der Waals surface area contributed by atoms with Crippen LogP contribution in [-0.2, 0) is 15.7 Å². The van der Waals surface area contributed by atoms with E-state index in [0.717, 1.165) is 12.1 Å². The first-order chi connectivity index (χ1) is 8.88. The SMILES string of the molecule is CCOC(=O)CNc1ccc(C#N)c(C(F)(F)F)c1. The Hall–Kier alpha value is -2.23. The van der Waals surface area contributed by atoms with Gasteiger partial charge in [0, 0.05) is 5.69 Å². The van der Waals surface area contributed by atoms with Crippen molar-refractivity contribution in [3.63, 3.8) is 0 Å². The van der Waals surface area contributed by atoms with Gasteiger partial charge in [0.05, 0.1) is 23.8 Å². The van der Waals surface area contributed by atoms with Crippen LogP contribution in [0, 0.1) is 11.3 Å². The van der Waals surface area contributed by atoms with Gasteiger partial charge >= 0.3 is 12.1 Å². The lowest BCUT2D eigenvalue weighted by Gasteiger charge is -2.11. The van der Waals surface area contributed by atoms with E-state index in [1.807, 2.05) is 0 Å². The Bertz CT molecular complexity index is 507. The summed E-state index contributed by atoms with van der Waals surface area (Å²) in [5.41, 5.74) is -1.41. The number of carbonyl (C=O) groups is 1. The number of halogens is 3. The van der Waals surface area contributed by atoms with E-state index in [0.29, 0.717) is 0 Å². The van der Waals surface area contributed by atoms with Crippen LogP contribution < -0.4 is 5.32 Å². The Morgan fingerprint density at radius 1 is 1.47 bits per heavy atom. The molecule has 0 amide bonds. The van der Waals surface area contributed by atoms with Crippen LogP contribution in [-0.4, -0.2) is 19.1 Å². The van der Waals surface area contributed by atoms with Crippen LogP contribution in [0.5, 0.6) is 0 Å². The predicted octanol–water partition coefficient (Wildman–Crippen LogP) is 2.55. The molecule has 0 heterocycles. The van der Waals surface area contributed by atoms with Gasteiger partial charge in [-0.15, -0.1) is 0 Å². The Morgan fingerprint density at radius 2 is 2.16 bits per heavy atom. The summed E-state index contributed by atoms with van der Waals surface area (Å²) in [6, 6.07) is 4.62. The lowest BCUT2D eigenvalue weighted by atomic mass is 10.1. The fourth-order valence-electron chi connectivity index (χ4n) is 1.37. The second kappa shape index (κ2) is 6.09. The van der Waals surface area contributed by atoms with Crippen molar-refractivity contribution in [1.82, 2.24) is 0 Å². The number of ether oxygens (including phenoxy) is 1. The van der Waals surface area contributed by atoms with Gasteiger partial charge in [0.15, 0.2) is 0 Å². The fourth-order valence-corrected chi connectivity index (χ4v) is 1.37. The molecule has 0 saturated heterocycles. The molecule has 0 aliphatic heterocycles. The summed E-state index contributed by atoms with van der Waals surface area (Å²) >= 11 is 0. The molecule has 0 aliphatic rings. The molecular weight excluding hydrogens is 261 g/mol. The van der Waals surface area contributed by atoms with Crippen molar-refractivity contribution in [2.24, 2.45) is 0 Å². The van der Waals surface area contributed by atoms with Gasteiger partial charge < -0.3 is 10.1 Å². The summed E-state index contributed by atoms with van der Waals surface area (Å²) in [6.07, 6.45) is -4.62. The molecule has 4 nitrogen and oxygen atoms in total. The second-order valence-corrected chi connectivity index (χ2v) is 3.53. The third kappa shape index (κ3) is 4.17. The quantitative estimate of drug-likeness (QED) is 0.856. The summed E-state index contributed by atoms with van der Waals surface area (Å²) in [7, 11) is 0. The van der Waals surface area contributed by atoms with E-state index in [4.69, 9.17) is 5.26 Å². The summed E-state index contributed by atoms with van der Waals surface area (Å²) in [5.74, 6) is -0.569. The van der Waals surface area contributed by atoms with E-state index in [1.54, 1.807) is 6.92 Å². The van der Waals surface area contributed by atoms with Crippen molar-refractivity contribution < 1.29 is 22.7 Å². The third-order valence-corrected chi connectivity index (χ3v) is 2.19. The summed E-state index contributed by atoms with van der Waals surface area (Å²) in [4.78, 5) is 11.1. The molecule has 0 unspecified atom stereocenters. The first-order valence-corrected chi connectivity index (χ1v) is 5.39. The maximum Gasteiger partial charge on any atom is 0.417 e. The molecule has 7 heteroatoms. The third-order valence-electron chi connectivity index (χ3n) is 2.19. The molecule has 1 aromatic rings. The average molecular weight is 272 g/mol. The number of esters is 1. The minimum atomic E-state index is -4.62. The Morgan fingerprint density at radius 3 is 2.68 bits per heavy atom. The normalized spacial score (nSPS) is 10.7. The summed E-state index contributed by atoms with van der Waals surface area (Å²) < 4.78 is 42.6. The van der Waals surface area contributed by atoms with Crippen LogP contribution in [0.3, 0.4) is 0 Å². The zero-order chi connectivity index (χ0) is 14.5. The molecule has 0 fully saturated rings. The number of alkyl halides is 3. The number of anilines is 1. The van der Waals surface area contributed by atoms with Crippen molar-refractivity contribution in [2.75, 3.05) is 18.5 Å². The number of nitriles is 1. The Balaban J connectivity index is 2.88. The molecule has 0 bridgehead atoms. The molecule has 19 heavy (non-hydrogen) atoms. The molecule has 0 saturated carbocycles. The Kier molecular flexibility index (Phi) is 4.75. The van der Waals surface area contributed by atoms with E-state index >= 15 is 0 Å². The highest BCUT2D eigenvalue weighted by Crippen LogP contribution is 2.33. The van der Waals surface area contributed by atoms with Gasteiger partial charge in [-0.2, -0.15) is 18.4 Å². The van der Waals surface area contributed by atoms with Crippen LogP contribution in [0.1, 0.15) is 18.1 Å². The minimum absolute atomic E-state index is 0.0966. The molecule has 0 aliphatic carbocycles. The van der Waals surface area contributed by atoms with E-state index in [2.05, 4.69) is 10.1 Å². The second-order valence-electron chi connectivity index (χ2n) is 3.53. The summed E-state index contributed by atoms with van der Waals surface area (Å²) in [6.45, 7) is 1.58. The highest BCUT2D eigenvalue weighted by Gasteiger charge is 2.33. The average Bonchev–Trinajstić information content (AvgIpc) is 2.35. The van der Waals surface area contributed by atoms with E-state index in [-0.39, 0.29) is 18.8 Å². The van der Waals surface area contributed by atoms with Crippen LogP contribution in [0.15, 0.2) is 18.2 Å². The molecule has 1 N–H and O–H groups in total. The van der Waals surface area contributed by atoms with E-state index in [9.17, 15) is 18.0 Å². The van der Waals surface area contributed by atoms with E-state index < -0.39 is 23.3 Å². The minimum Gasteiger partial charge on any atom is -0.465 e. The maximum absolute atomic E-state index is 12.7. The zero-order valence-electron chi connectivity index (χ0n) is 10.0. The molecule has 0 atom stereocenters. The van der Waals surface area contributed by atoms with E-state index in [1.165, 1.54) is 12.1 Å². The van der Waals surface area contributed by atoms with Gasteiger partial charge in [0.2, 0.25) is 0 Å². The van der Waals surface area contributed by atoms with Gasteiger partial charge in [-0.3, -0.25) is 4.79 Å². The van der Waals surface area contributed by atoms with Crippen molar-refractivity contribution in [3.8, 4) is 6.07 Å². The van der Waals surface area contributed by atoms with Crippen molar-refractivity contribution in [1.29, 1.82) is 5.26 Å². The molecule has 1 aromatic carbocycles. The first kappa shape index (κ1) is 14.8. The molecular formula is C12H11F3N2O2. The largest absolute Gasteiger partial charge is 0.465 e. The van der Waals surface area contributed by atoms with Gasteiger partial charge in [0.25, 0.3) is 0 Å². The lowest BCUT2D eigenvalue weighted by molar-refractivity contribution is -0.141. The zero-order valence-corrected chi connectivity index (χ0v) is 10.0. The van der Waals surface area contributed by atoms with Gasteiger partial charge in [-0.25, -0.2) is 0 Å². The summed E-state index contributed by atoms with van der Waals surface area (Å²) in [5, 5.41) is 11.1. The topological polar surface area (TPSA) is 62.1 Å². The molecule has 1 rings (SSSR count). The number of rotatable bonds is 4. The maximum atomic E-state index is 12.7. The van der Waals surface area contributed by atoms with Crippen LogP contribution in [0.25, 0.3) is 0 Å². The van der Waals surface area contributed by atoms with Crippen molar-refractivity contribution in [3.05, 3.63) is 29.3 Å².